The van der Waals surface area contributed by atoms with Gasteiger partial charge in [-0.15, -0.1) is 5.10 Å². The van der Waals surface area contributed by atoms with Crippen LogP contribution in [0.3, 0.4) is 0 Å². The predicted molar refractivity (Wildman–Crippen MR) is 108 cm³/mol. The molecule has 1 saturated carbocycles. The summed E-state index contributed by atoms with van der Waals surface area (Å²) in [5.41, 5.74) is 0.877. The van der Waals surface area contributed by atoms with Crippen molar-refractivity contribution >= 4 is 21.9 Å². The van der Waals surface area contributed by atoms with Crippen molar-refractivity contribution in [1.82, 2.24) is 14.5 Å². The summed E-state index contributed by atoms with van der Waals surface area (Å²) < 4.78 is 42.6. The molecule has 10 nitrogen and oxygen atoms in total. The molecule has 1 amide bonds. The SMILES string of the molecule is CN(C1CC1)S(=O)(=O)c1ccc(C(=O)Nc2nnc(-c3ccc4c(c3)OCO4)o2)cc1. The predicted octanol–water partition coefficient (Wildman–Crippen LogP) is 2.50. The first-order chi connectivity index (χ1) is 14.9. The molecular formula is C20H18N4O6S. The second kappa shape index (κ2) is 7.36. The van der Waals surface area contributed by atoms with Crippen molar-refractivity contribution in [3.8, 4) is 23.0 Å². The third-order valence-corrected chi connectivity index (χ3v) is 7.04. The fraction of sp³-hybridized carbons (Fsp3) is 0.250. The van der Waals surface area contributed by atoms with Crippen molar-refractivity contribution in [3.05, 3.63) is 48.0 Å². The van der Waals surface area contributed by atoms with E-state index in [1.165, 1.54) is 28.6 Å². The second-order valence-corrected chi connectivity index (χ2v) is 9.21. The van der Waals surface area contributed by atoms with Gasteiger partial charge in [-0.3, -0.25) is 10.1 Å². The van der Waals surface area contributed by atoms with Crippen LogP contribution in [-0.4, -0.2) is 48.7 Å². The maximum atomic E-state index is 12.6. The Kier molecular flexibility index (Phi) is 4.63. The van der Waals surface area contributed by atoms with E-state index < -0.39 is 15.9 Å². The topological polar surface area (TPSA) is 124 Å². The summed E-state index contributed by atoms with van der Waals surface area (Å²) in [6.07, 6.45) is 1.74. The fourth-order valence-electron chi connectivity index (χ4n) is 3.17. The van der Waals surface area contributed by atoms with Crippen LogP contribution in [0.25, 0.3) is 11.5 Å². The van der Waals surface area contributed by atoms with E-state index >= 15 is 0 Å². The molecule has 1 aliphatic heterocycles. The first kappa shape index (κ1) is 19.5. The van der Waals surface area contributed by atoms with Crippen molar-refractivity contribution in [2.45, 2.75) is 23.8 Å². The van der Waals surface area contributed by atoms with Gasteiger partial charge in [-0.2, -0.15) is 4.31 Å². The minimum absolute atomic E-state index is 0.0597. The number of hydrogen-bond donors (Lipinski definition) is 1. The first-order valence-electron chi connectivity index (χ1n) is 9.55. The summed E-state index contributed by atoms with van der Waals surface area (Å²) in [6, 6.07) is 10.9. The average molecular weight is 442 g/mol. The van der Waals surface area contributed by atoms with E-state index in [4.69, 9.17) is 13.9 Å². The van der Waals surface area contributed by atoms with E-state index in [1.54, 1.807) is 25.2 Å². The molecule has 11 heteroatoms. The molecule has 5 rings (SSSR count). The van der Waals surface area contributed by atoms with Gasteiger partial charge < -0.3 is 13.9 Å². The number of carbonyl (C=O) groups is 1. The second-order valence-electron chi connectivity index (χ2n) is 7.21. The zero-order chi connectivity index (χ0) is 21.6. The van der Waals surface area contributed by atoms with Gasteiger partial charge in [-0.1, -0.05) is 5.10 Å². The summed E-state index contributed by atoms with van der Waals surface area (Å²) >= 11 is 0. The van der Waals surface area contributed by atoms with E-state index in [1.807, 2.05) is 0 Å². The van der Waals surface area contributed by atoms with Crippen LogP contribution in [0.15, 0.2) is 51.8 Å². The van der Waals surface area contributed by atoms with Crippen LogP contribution >= 0.6 is 0 Å². The highest BCUT2D eigenvalue weighted by molar-refractivity contribution is 7.89. The lowest BCUT2D eigenvalue weighted by Gasteiger charge is -2.16. The zero-order valence-electron chi connectivity index (χ0n) is 16.4. The standard InChI is InChI=1S/C20H18N4O6S/c1-24(14-5-6-14)31(26,27)15-7-2-12(3-8-15)18(25)21-20-23-22-19(30-20)13-4-9-16-17(10-13)29-11-28-16/h2-4,7-10,14H,5-6,11H2,1H3,(H,21,23,25). The summed E-state index contributed by atoms with van der Waals surface area (Å²) in [4.78, 5) is 12.6. The first-order valence-corrected chi connectivity index (χ1v) is 11.0. The fourth-order valence-corrected chi connectivity index (χ4v) is 4.58. The van der Waals surface area contributed by atoms with Gasteiger partial charge in [0, 0.05) is 24.2 Å². The Hall–Kier alpha value is -3.44. The normalized spacial score (nSPS) is 15.3. The Morgan fingerprint density at radius 3 is 2.55 bits per heavy atom. The molecule has 160 valence electrons. The summed E-state index contributed by atoms with van der Waals surface area (Å²) in [7, 11) is -2.00. The number of fused-ring (bicyclic) bond motifs is 1. The number of nitrogens with zero attached hydrogens (tertiary/aromatic N) is 3. The van der Waals surface area contributed by atoms with Crippen LogP contribution in [0.4, 0.5) is 6.01 Å². The number of rotatable bonds is 6. The average Bonchev–Trinajstić information content (AvgIpc) is 3.33. The van der Waals surface area contributed by atoms with Crippen LogP contribution in [-0.2, 0) is 10.0 Å². The van der Waals surface area contributed by atoms with Gasteiger partial charge in [-0.05, 0) is 55.3 Å². The lowest BCUT2D eigenvalue weighted by molar-refractivity contribution is 0.102. The van der Waals surface area contributed by atoms with E-state index in [-0.39, 0.29) is 35.2 Å². The van der Waals surface area contributed by atoms with Crippen molar-refractivity contribution in [2.24, 2.45) is 0 Å². The number of amides is 1. The molecule has 31 heavy (non-hydrogen) atoms. The number of benzene rings is 2. The van der Waals surface area contributed by atoms with Gasteiger partial charge in [0.05, 0.1) is 4.90 Å². The van der Waals surface area contributed by atoms with Crippen LogP contribution in [0.5, 0.6) is 11.5 Å². The smallest absolute Gasteiger partial charge is 0.322 e. The summed E-state index contributed by atoms with van der Waals surface area (Å²) in [5, 5.41) is 10.3. The minimum atomic E-state index is -3.57. The number of ether oxygens (including phenoxy) is 2. The van der Waals surface area contributed by atoms with Gasteiger partial charge in [0.15, 0.2) is 11.5 Å². The summed E-state index contributed by atoms with van der Waals surface area (Å²) in [5.74, 6) is 0.910. The highest BCUT2D eigenvalue weighted by Crippen LogP contribution is 2.35. The van der Waals surface area contributed by atoms with Crippen LogP contribution < -0.4 is 14.8 Å². The van der Waals surface area contributed by atoms with Crippen LogP contribution in [0.2, 0.25) is 0 Å². The molecule has 1 aromatic heterocycles. The molecule has 0 spiro atoms. The van der Waals surface area contributed by atoms with Crippen molar-refractivity contribution in [2.75, 3.05) is 19.2 Å². The highest BCUT2D eigenvalue weighted by atomic mass is 32.2. The van der Waals surface area contributed by atoms with E-state index in [9.17, 15) is 13.2 Å². The number of nitrogens with one attached hydrogen (secondary N) is 1. The minimum Gasteiger partial charge on any atom is -0.454 e. The van der Waals surface area contributed by atoms with Gasteiger partial charge in [0.1, 0.15) is 0 Å². The van der Waals surface area contributed by atoms with Crippen molar-refractivity contribution in [1.29, 1.82) is 0 Å². The molecule has 0 unspecified atom stereocenters. The molecule has 0 radical (unpaired) electrons. The molecule has 0 atom stereocenters. The molecule has 2 aliphatic rings. The Bertz CT molecular complexity index is 1250. The molecular weight excluding hydrogens is 424 g/mol. The Labute approximate surface area is 177 Å². The van der Waals surface area contributed by atoms with E-state index in [0.717, 1.165) is 12.8 Å². The summed E-state index contributed by atoms with van der Waals surface area (Å²) in [6.45, 7) is 0.154. The Balaban J connectivity index is 1.28. The Morgan fingerprint density at radius 1 is 1.06 bits per heavy atom. The molecule has 3 aromatic rings. The Morgan fingerprint density at radius 2 is 1.81 bits per heavy atom. The number of anilines is 1. The third-order valence-electron chi connectivity index (χ3n) is 5.12. The number of hydrogen-bond acceptors (Lipinski definition) is 8. The lowest BCUT2D eigenvalue weighted by atomic mass is 10.2. The van der Waals surface area contributed by atoms with Gasteiger partial charge in [-0.25, -0.2) is 8.42 Å². The maximum absolute atomic E-state index is 12.6. The third kappa shape index (κ3) is 3.73. The molecule has 2 aromatic carbocycles. The number of aromatic nitrogens is 2. The number of sulfonamides is 1. The molecule has 1 fully saturated rings. The van der Waals surface area contributed by atoms with Gasteiger partial charge >= 0.3 is 6.01 Å². The van der Waals surface area contributed by atoms with E-state index in [2.05, 4.69) is 15.5 Å². The molecule has 0 bridgehead atoms. The molecule has 2 heterocycles. The van der Waals surface area contributed by atoms with Crippen LogP contribution in [0.1, 0.15) is 23.2 Å². The zero-order valence-corrected chi connectivity index (χ0v) is 17.3. The van der Waals surface area contributed by atoms with Gasteiger partial charge in [0.25, 0.3) is 5.91 Å². The largest absolute Gasteiger partial charge is 0.454 e. The van der Waals surface area contributed by atoms with E-state index in [0.29, 0.717) is 17.1 Å². The highest BCUT2D eigenvalue weighted by Gasteiger charge is 2.35. The van der Waals surface area contributed by atoms with Gasteiger partial charge in [0.2, 0.25) is 22.7 Å². The number of carbonyl (C=O) groups excluding carboxylic acids is 1. The maximum Gasteiger partial charge on any atom is 0.322 e. The van der Waals surface area contributed by atoms with Crippen molar-refractivity contribution in [3.63, 3.8) is 0 Å². The molecule has 1 N–H and O–H groups in total. The van der Waals surface area contributed by atoms with Crippen LogP contribution in [0, 0.1) is 0 Å². The van der Waals surface area contributed by atoms with Crippen molar-refractivity contribution < 1.29 is 27.1 Å². The molecule has 1 aliphatic carbocycles. The quantitative estimate of drug-likeness (QED) is 0.618. The molecule has 0 saturated heterocycles. The monoisotopic (exact) mass is 442 g/mol. The lowest BCUT2D eigenvalue weighted by Crippen LogP contribution is -2.29.